The molecule has 2 aliphatic carbocycles. The summed E-state index contributed by atoms with van der Waals surface area (Å²) in [6, 6.07) is 29.9. The first kappa shape index (κ1) is 88.3. The molecule has 4 aromatic carbocycles. The van der Waals surface area contributed by atoms with Crippen LogP contribution in [0, 0.1) is 0 Å². The Kier molecular flexibility index (Phi) is 22.9. The summed E-state index contributed by atoms with van der Waals surface area (Å²) in [6.07, 6.45) is 20.5. The molecular formula is C102H104F4N24O6. The number of imidazole rings is 4. The maximum atomic E-state index is 14.2. The Morgan fingerprint density at radius 3 is 0.882 bits per heavy atom. The third kappa shape index (κ3) is 15.9. The van der Waals surface area contributed by atoms with Crippen LogP contribution < -0.4 is 0 Å². The van der Waals surface area contributed by atoms with Crippen molar-refractivity contribution in [3.8, 4) is 90.1 Å². The minimum atomic E-state index is -2.69. The van der Waals surface area contributed by atoms with Gasteiger partial charge in [0.05, 0.1) is 130 Å². The molecule has 30 nitrogen and oxygen atoms in total. The molecular weight excluding hydrogens is 1730 g/mol. The van der Waals surface area contributed by atoms with Crippen LogP contribution in [0.25, 0.3) is 133 Å². The van der Waals surface area contributed by atoms with E-state index in [-0.39, 0.29) is 70.3 Å². The van der Waals surface area contributed by atoms with E-state index >= 15 is 0 Å². The number of nitrogens with zero attached hydrogens (tertiary/aromatic N) is 24. The van der Waals surface area contributed by atoms with Gasteiger partial charge in [0.2, 0.25) is 23.6 Å². The van der Waals surface area contributed by atoms with E-state index in [9.17, 15) is 36.7 Å². The molecule has 34 heteroatoms. The molecule has 2 saturated heterocycles. The Morgan fingerprint density at radius 1 is 0.324 bits per heavy atom. The average molecular weight is 1840 g/mol. The van der Waals surface area contributed by atoms with Crippen LogP contribution in [0.5, 0.6) is 0 Å². The van der Waals surface area contributed by atoms with E-state index in [1.165, 1.54) is 12.1 Å². The van der Waals surface area contributed by atoms with Gasteiger partial charge in [-0.05, 0) is 126 Å². The lowest BCUT2D eigenvalue weighted by molar-refractivity contribution is -0.136. The third-order valence-electron chi connectivity index (χ3n) is 28.0. The predicted octanol–water partition coefficient (Wildman–Crippen LogP) is 17.5. The van der Waals surface area contributed by atoms with Crippen LogP contribution in [0.2, 0.25) is 0 Å². The number of likely N-dealkylation sites (N-methyl/N-ethyl adjacent to an activating group) is 4. The largest absolute Gasteiger partial charge is 0.381 e. The zero-order valence-corrected chi connectivity index (χ0v) is 77.8. The van der Waals surface area contributed by atoms with E-state index in [2.05, 4.69) is 97.2 Å². The number of alkyl halides is 4. The number of fused-ring (bicyclic) bond motifs is 8. The number of amides is 4. The van der Waals surface area contributed by atoms with Gasteiger partial charge < -0.3 is 47.3 Å². The average Bonchev–Trinajstić information content (AvgIpc) is 1.59. The molecule has 4 amide bonds. The molecule has 696 valence electrons. The van der Waals surface area contributed by atoms with Crippen molar-refractivity contribution >= 4 is 67.0 Å². The fourth-order valence-corrected chi connectivity index (χ4v) is 20.7. The fourth-order valence-electron chi connectivity index (χ4n) is 20.7. The standard InChI is InChI=1S/2C26H28N6O2.2C25H24F2N6O/c2*1-16-26(33)30(2)15-23-24(29-25(32(16)23)17-7-9-34-10-8-17)20-6-4-5-18-11-22(27-13-21(18)20)19-12-28-31(3)14-19;2*1-13-25(34)31(2)12-20-22(30-24(33(13)20)14-7-8-14)16-5-4-6-19-17(16)9-18(23(26)27)21(29-19)15-10-28-32(3)11-15/h2*4-6,11-14,16-17H,7-10,15H2,1-3H3;2*4-6,9-11,13-14,23H,7-8,12H2,1-3H3/t2*16-;2*13-/m1010/s1. The Morgan fingerprint density at radius 2 is 0.603 bits per heavy atom. The van der Waals surface area contributed by atoms with Crippen LogP contribution in [0.3, 0.4) is 0 Å². The second-order valence-corrected chi connectivity index (χ2v) is 37.3. The first-order valence-electron chi connectivity index (χ1n) is 46.5. The number of aryl methyl sites for hydroxylation is 4. The number of halogens is 4. The molecule has 136 heavy (non-hydrogen) atoms. The highest BCUT2D eigenvalue weighted by Gasteiger charge is 2.44. The summed E-state index contributed by atoms with van der Waals surface area (Å²) >= 11 is 0. The molecule has 0 unspecified atom stereocenters. The summed E-state index contributed by atoms with van der Waals surface area (Å²) in [4.78, 5) is 97.5. The van der Waals surface area contributed by atoms with Crippen molar-refractivity contribution in [1.82, 2.24) is 117 Å². The number of hydrogen-bond acceptors (Lipinski definition) is 18. The molecule has 6 aliphatic heterocycles. The van der Waals surface area contributed by atoms with Gasteiger partial charge >= 0.3 is 0 Å². The van der Waals surface area contributed by atoms with Gasteiger partial charge in [0, 0.05) is 221 Å². The van der Waals surface area contributed by atoms with Gasteiger partial charge in [-0.15, -0.1) is 0 Å². The van der Waals surface area contributed by atoms with E-state index in [1.807, 2.05) is 139 Å². The summed E-state index contributed by atoms with van der Waals surface area (Å²) in [7, 11) is 14.6. The second-order valence-electron chi connectivity index (χ2n) is 37.3. The smallest absolute Gasteiger partial charge is 0.265 e. The maximum Gasteiger partial charge on any atom is 0.265 e. The van der Waals surface area contributed by atoms with E-state index in [0.717, 1.165) is 213 Å². The molecule has 4 fully saturated rings. The summed E-state index contributed by atoms with van der Waals surface area (Å²) in [6.45, 7) is 12.7. The number of rotatable bonds is 14. The minimum absolute atomic E-state index is 0.0547. The lowest BCUT2D eigenvalue weighted by atomic mass is 9.98. The van der Waals surface area contributed by atoms with Gasteiger partial charge in [-0.3, -0.25) is 47.9 Å². The maximum absolute atomic E-state index is 14.2. The van der Waals surface area contributed by atoms with Crippen molar-refractivity contribution in [1.29, 1.82) is 0 Å². The van der Waals surface area contributed by atoms with Crippen LogP contribution in [0.1, 0.15) is 197 Å². The molecule has 16 aromatic rings. The zero-order valence-electron chi connectivity index (χ0n) is 77.8. The van der Waals surface area contributed by atoms with Crippen LogP contribution in [0.15, 0.2) is 159 Å². The zero-order chi connectivity index (χ0) is 94.2. The molecule has 0 N–H and O–H groups in total. The Hall–Kier alpha value is -14.3. The molecule has 2 saturated carbocycles. The monoisotopic (exact) mass is 1840 g/mol. The first-order valence-corrected chi connectivity index (χ1v) is 46.5. The highest BCUT2D eigenvalue weighted by Crippen LogP contribution is 2.50. The topological polar surface area (TPSA) is 294 Å². The van der Waals surface area contributed by atoms with Gasteiger partial charge in [-0.25, -0.2) is 47.5 Å². The van der Waals surface area contributed by atoms with Crippen molar-refractivity contribution in [3.63, 3.8) is 0 Å². The van der Waals surface area contributed by atoms with Crippen molar-refractivity contribution in [3.05, 3.63) is 216 Å². The van der Waals surface area contributed by atoms with Gasteiger partial charge in [0.1, 0.15) is 47.5 Å². The highest BCUT2D eigenvalue weighted by molar-refractivity contribution is 6.02. The Labute approximate surface area is 781 Å². The number of hydrogen-bond donors (Lipinski definition) is 0. The number of aromatic nitrogens is 20. The van der Waals surface area contributed by atoms with Crippen LogP contribution in [-0.4, -0.2) is 195 Å². The summed E-state index contributed by atoms with van der Waals surface area (Å²) in [5, 5.41) is 22.4. The van der Waals surface area contributed by atoms with E-state index in [1.54, 1.807) is 81.5 Å². The molecule has 24 rings (SSSR count). The molecule has 18 heterocycles. The van der Waals surface area contributed by atoms with E-state index in [4.69, 9.17) is 39.4 Å². The number of pyridine rings is 4. The summed E-state index contributed by atoms with van der Waals surface area (Å²) in [5.74, 6) is 5.51. The molecule has 12 aromatic heterocycles. The van der Waals surface area contributed by atoms with Crippen molar-refractivity contribution in [2.45, 2.75) is 166 Å². The SMILES string of the molecule is C[C@@H]1C(=O)N(C)Cc2c(-c3cccc4cc(-c5cnn(C)c5)ncc34)nc(C3CCOCC3)n21.C[C@@H]1C(=O)N(C)Cc2c(-c3cccc4nc(-c5cnn(C)c5)c(C(F)F)cc34)nc(C3CC3)n21.C[C@H]1C(=O)N(C)Cc2c(-c3cccc4cc(-c5cnn(C)c5)ncc34)nc(C3CCOCC3)n21.C[C@H]1C(=O)N(C)Cc2c(-c3cccc4nc(-c5cnn(C)c5)c(C(F)F)cc34)nc(C3CC3)n21. The Balaban J connectivity index is 0.000000108. The normalized spacial score (nSPS) is 18.7. The fraction of sp³-hybridized carbons (Fsp3) is 0.373. The second kappa shape index (κ2) is 35.2. The molecule has 8 aliphatic rings. The van der Waals surface area contributed by atoms with E-state index in [0.29, 0.717) is 82.8 Å². The highest BCUT2D eigenvalue weighted by atomic mass is 19.3. The van der Waals surface area contributed by atoms with Gasteiger partial charge in [-0.2, -0.15) is 20.4 Å². The number of ether oxygens (including phenoxy) is 2. The van der Waals surface area contributed by atoms with Crippen LogP contribution >= 0.6 is 0 Å². The molecule has 4 atom stereocenters. The minimum Gasteiger partial charge on any atom is -0.381 e. The quantitative estimate of drug-likeness (QED) is 0.0914. The number of benzene rings is 4. The lowest BCUT2D eigenvalue weighted by Gasteiger charge is -2.32. The van der Waals surface area contributed by atoms with Gasteiger partial charge in [0.15, 0.2) is 0 Å². The summed E-state index contributed by atoms with van der Waals surface area (Å²) in [5.41, 5.74) is 17.4. The number of carbonyl (C=O) groups is 4. The number of carbonyl (C=O) groups excluding carboxylic acids is 4. The van der Waals surface area contributed by atoms with Crippen molar-refractivity contribution in [2.75, 3.05) is 54.6 Å². The van der Waals surface area contributed by atoms with Gasteiger partial charge in [-0.1, -0.05) is 60.7 Å². The molecule has 0 bridgehead atoms. The van der Waals surface area contributed by atoms with Crippen molar-refractivity contribution in [2.24, 2.45) is 28.2 Å². The molecule has 0 spiro atoms. The van der Waals surface area contributed by atoms with Crippen LogP contribution in [-0.2, 0) is 83.0 Å². The lowest BCUT2D eigenvalue weighted by Crippen LogP contribution is -2.40. The third-order valence-corrected chi connectivity index (χ3v) is 28.0. The first-order chi connectivity index (χ1) is 65.7. The van der Waals surface area contributed by atoms with E-state index < -0.39 is 12.9 Å². The Bertz CT molecular complexity index is 7000. The summed E-state index contributed by atoms with van der Waals surface area (Å²) < 4.78 is 83.2. The molecule has 0 radical (unpaired) electrons. The van der Waals surface area contributed by atoms with Crippen molar-refractivity contribution < 1.29 is 46.2 Å². The van der Waals surface area contributed by atoms with Crippen LogP contribution in [0.4, 0.5) is 17.6 Å². The predicted molar refractivity (Wildman–Crippen MR) is 505 cm³/mol. The van der Waals surface area contributed by atoms with Gasteiger partial charge in [0.25, 0.3) is 12.9 Å².